The molecule has 0 saturated carbocycles. The zero-order valence-electron chi connectivity index (χ0n) is 18.5. The third kappa shape index (κ3) is 4.12. The van der Waals surface area contributed by atoms with Gasteiger partial charge in [0.1, 0.15) is 10.7 Å². The minimum absolute atomic E-state index is 0.115. The first kappa shape index (κ1) is 20.9. The number of hydrogen-bond donors (Lipinski definition) is 0. The quantitative estimate of drug-likeness (QED) is 0.621. The Labute approximate surface area is 182 Å². The molecule has 1 saturated heterocycles. The van der Waals surface area contributed by atoms with Crippen molar-refractivity contribution in [1.82, 2.24) is 19.8 Å². The Morgan fingerprint density at radius 1 is 1.03 bits per heavy atom. The van der Waals surface area contributed by atoms with E-state index in [2.05, 4.69) is 49.9 Å². The lowest BCUT2D eigenvalue weighted by atomic mass is 9.95. The first-order valence-corrected chi connectivity index (χ1v) is 11.4. The van der Waals surface area contributed by atoms with Gasteiger partial charge in [0.15, 0.2) is 0 Å². The Hall–Kier alpha value is -2.31. The minimum atomic E-state index is -0.115. The van der Waals surface area contributed by atoms with Gasteiger partial charge in [-0.25, -0.2) is 9.97 Å². The van der Waals surface area contributed by atoms with Crippen LogP contribution in [0.3, 0.4) is 0 Å². The average molecular weight is 423 g/mol. The molecule has 1 aliphatic heterocycles. The molecule has 2 aromatic heterocycles. The number of nitrogens with zero attached hydrogens (tertiary/aromatic N) is 4. The van der Waals surface area contributed by atoms with Crippen LogP contribution in [-0.4, -0.2) is 51.9 Å². The molecule has 1 amide bonds. The second-order valence-corrected chi connectivity index (χ2v) is 10.2. The Kier molecular flexibility index (Phi) is 5.64. The van der Waals surface area contributed by atoms with E-state index in [9.17, 15) is 4.79 Å². The van der Waals surface area contributed by atoms with Gasteiger partial charge in [-0.3, -0.25) is 9.69 Å². The van der Waals surface area contributed by atoms with Crippen LogP contribution in [0.2, 0.25) is 0 Å². The number of aryl methyl sites for hydroxylation is 2. The molecule has 3 heterocycles. The van der Waals surface area contributed by atoms with Crippen LogP contribution in [0, 0.1) is 13.8 Å². The number of aromatic nitrogens is 2. The Balaban J connectivity index is 1.51. The number of thiophene rings is 1. The van der Waals surface area contributed by atoms with Crippen LogP contribution < -0.4 is 0 Å². The number of carbonyl (C=O) groups excluding carboxylic acids is 1. The van der Waals surface area contributed by atoms with Gasteiger partial charge >= 0.3 is 0 Å². The zero-order valence-corrected chi connectivity index (χ0v) is 19.3. The van der Waals surface area contributed by atoms with Gasteiger partial charge in [0.05, 0.1) is 10.6 Å². The smallest absolute Gasteiger partial charge is 0.264 e. The third-order valence-corrected chi connectivity index (χ3v) is 6.92. The number of fused-ring (bicyclic) bond motifs is 1. The second-order valence-electron chi connectivity index (χ2n) is 9.17. The summed E-state index contributed by atoms with van der Waals surface area (Å²) in [6, 6.07) is 10.5. The molecular weight excluding hydrogens is 392 g/mol. The summed E-state index contributed by atoms with van der Waals surface area (Å²) in [4.78, 5) is 29.0. The summed E-state index contributed by atoms with van der Waals surface area (Å²) in [7, 11) is 0. The highest BCUT2D eigenvalue weighted by molar-refractivity contribution is 7.20. The van der Waals surface area contributed by atoms with E-state index in [1.165, 1.54) is 16.9 Å². The maximum Gasteiger partial charge on any atom is 0.264 e. The molecule has 0 unspecified atom stereocenters. The Morgan fingerprint density at radius 3 is 2.33 bits per heavy atom. The fourth-order valence-corrected chi connectivity index (χ4v) is 5.17. The van der Waals surface area contributed by atoms with Gasteiger partial charge in [-0.05, 0) is 25.0 Å². The molecule has 4 rings (SSSR count). The maximum absolute atomic E-state index is 13.3. The number of benzene rings is 1. The molecule has 0 bridgehead atoms. The molecule has 0 atom stereocenters. The van der Waals surface area contributed by atoms with Crippen molar-refractivity contribution < 1.29 is 4.79 Å². The predicted octanol–water partition coefficient (Wildman–Crippen LogP) is 4.56. The van der Waals surface area contributed by atoms with Crippen molar-refractivity contribution in [2.24, 2.45) is 0 Å². The monoisotopic (exact) mass is 422 g/mol. The zero-order chi connectivity index (χ0) is 21.5. The summed E-state index contributed by atoms with van der Waals surface area (Å²) < 4.78 is 0. The molecule has 5 nitrogen and oxygen atoms in total. The fourth-order valence-electron chi connectivity index (χ4n) is 3.97. The maximum atomic E-state index is 13.3. The third-order valence-electron chi connectivity index (χ3n) is 5.74. The van der Waals surface area contributed by atoms with Crippen molar-refractivity contribution >= 4 is 27.5 Å². The lowest BCUT2D eigenvalue weighted by molar-refractivity contribution is 0.0632. The summed E-state index contributed by atoms with van der Waals surface area (Å²) in [5.74, 6) is 0.967. The van der Waals surface area contributed by atoms with Crippen molar-refractivity contribution in [2.75, 3.05) is 26.2 Å². The number of rotatable bonds is 3. The highest BCUT2D eigenvalue weighted by Gasteiger charge is 2.27. The van der Waals surface area contributed by atoms with E-state index in [1.807, 2.05) is 24.8 Å². The summed E-state index contributed by atoms with van der Waals surface area (Å²) in [6.07, 6.45) is 0. The predicted molar refractivity (Wildman–Crippen MR) is 123 cm³/mol. The molecule has 1 fully saturated rings. The van der Waals surface area contributed by atoms with Crippen molar-refractivity contribution in [2.45, 2.75) is 46.6 Å². The summed E-state index contributed by atoms with van der Waals surface area (Å²) >= 11 is 1.52. The van der Waals surface area contributed by atoms with Gasteiger partial charge < -0.3 is 4.90 Å². The molecule has 0 aliphatic carbocycles. The molecule has 1 aliphatic rings. The average Bonchev–Trinajstić information content (AvgIpc) is 3.05. The van der Waals surface area contributed by atoms with Crippen LogP contribution in [0.1, 0.15) is 53.1 Å². The molecular formula is C24H30N4OS. The molecule has 3 aromatic rings. The Bertz CT molecular complexity index is 1060. The van der Waals surface area contributed by atoms with Crippen LogP contribution in [0.4, 0.5) is 0 Å². The largest absolute Gasteiger partial charge is 0.335 e. The molecule has 1 aromatic carbocycles. The van der Waals surface area contributed by atoms with Gasteiger partial charge in [0.2, 0.25) is 0 Å². The van der Waals surface area contributed by atoms with Crippen LogP contribution >= 0.6 is 11.3 Å². The van der Waals surface area contributed by atoms with E-state index in [0.29, 0.717) is 0 Å². The standard InChI is InChI=1S/C24H30N4OS/c1-16-19-17(2)25-23(24(3,4)5)26-21(19)30-20(16)22(29)28-13-11-27(12-14-28)15-18-9-7-6-8-10-18/h6-10H,11-15H2,1-5H3. The number of amides is 1. The van der Waals surface area contributed by atoms with Gasteiger partial charge in [-0.15, -0.1) is 11.3 Å². The highest BCUT2D eigenvalue weighted by atomic mass is 32.1. The number of carbonyl (C=O) groups is 1. The van der Waals surface area contributed by atoms with Gasteiger partial charge in [0.25, 0.3) is 5.91 Å². The lowest BCUT2D eigenvalue weighted by Gasteiger charge is -2.34. The van der Waals surface area contributed by atoms with E-state index in [4.69, 9.17) is 9.97 Å². The first-order valence-electron chi connectivity index (χ1n) is 10.6. The molecule has 0 radical (unpaired) electrons. The summed E-state index contributed by atoms with van der Waals surface area (Å²) in [6.45, 7) is 14.7. The van der Waals surface area contributed by atoms with E-state index in [1.54, 1.807) is 0 Å². The molecule has 0 spiro atoms. The van der Waals surface area contributed by atoms with Gasteiger partial charge in [-0.2, -0.15) is 0 Å². The summed E-state index contributed by atoms with van der Waals surface area (Å²) in [5, 5.41) is 1.04. The lowest BCUT2D eigenvalue weighted by Crippen LogP contribution is -2.48. The van der Waals surface area contributed by atoms with Crippen LogP contribution in [0.25, 0.3) is 10.2 Å². The molecule has 6 heteroatoms. The van der Waals surface area contributed by atoms with E-state index in [-0.39, 0.29) is 11.3 Å². The first-order chi connectivity index (χ1) is 14.2. The van der Waals surface area contributed by atoms with E-state index < -0.39 is 0 Å². The van der Waals surface area contributed by atoms with Crippen molar-refractivity contribution in [3.05, 3.63) is 57.9 Å². The van der Waals surface area contributed by atoms with Crippen LogP contribution in [-0.2, 0) is 12.0 Å². The van der Waals surface area contributed by atoms with Crippen LogP contribution in [0.15, 0.2) is 30.3 Å². The number of piperazine rings is 1. The van der Waals surface area contributed by atoms with Crippen LogP contribution in [0.5, 0.6) is 0 Å². The topological polar surface area (TPSA) is 49.3 Å². The van der Waals surface area contributed by atoms with E-state index in [0.717, 1.165) is 64.9 Å². The second kappa shape index (κ2) is 8.08. The highest BCUT2D eigenvalue weighted by Crippen LogP contribution is 2.34. The summed E-state index contributed by atoms with van der Waals surface area (Å²) in [5.41, 5.74) is 3.19. The van der Waals surface area contributed by atoms with Gasteiger partial charge in [-0.1, -0.05) is 51.1 Å². The molecule has 0 N–H and O–H groups in total. The van der Waals surface area contributed by atoms with E-state index >= 15 is 0 Å². The van der Waals surface area contributed by atoms with Crippen molar-refractivity contribution in [3.63, 3.8) is 0 Å². The normalized spacial score (nSPS) is 15.7. The van der Waals surface area contributed by atoms with Gasteiger partial charge in [0, 0.05) is 43.5 Å². The fraction of sp³-hybridized carbons (Fsp3) is 0.458. The molecule has 30 heavy (non-hydrogen) atoms. The molecule has 158 valence electrons. The van der Waals surface area contributed by atoms with Crippen molar-refractivity contribution in [1.29, 1.82) is 0 Å². The Morgan fingerprint density at radius 2 is 1.70 bits per heavy atom. The van der Waals surface area contributed by atoms with Crippen molar-refractivity contribution in [3.8, 4) is 0 Å². The minimum Gasteiger partial charge on any atom is -0.335 e. The SMILES string of the molecule is Cc1nc(C(C)(C)C)nc2sc(C(=O)N3CCN(Cc4ccccc4)CC3)c(C)c12. The number of hydrogen-bond acceptors (Lipinski definition) is 5.